The average Bonchev–Trinajstić information content (AvgIpc) is 2.43. The first-order valence-electron chi connectivity index (χ1n) is 5.96. The minimum Gasteiger partial charge on any atom is -0.326 e. The third-order valence-electron chi connectivity index (χ3n) is 2.87. The van der Waals surface area contributed by atoms with Gasteiger partial charge in [0.2, 0.25) is 0 Å². The molecular formula is C15H15BrN2O. The molecule has 4 heteroatoms. The molecule has 0 bridgehead atoms. The maximum Gasteiger partial charge on any atom is 0.255 e. The first kappa shape index (κ1) is 13.8. The smallest absolute Gasteiger partial charge is 0.255 e. The van der Waals surface area contributed by atoms with Crippen LogP contribution in [0.15, 0.2) is 46.9 Å². The lowest BCUT2D eigenvalue weighted by molar-refractivity contribution is 0.102. The molecule has 2 aromatic rings. The van der Waals surface area contributed by atoms with E-state index in [-0.39, 0.29) is 5.91 Å². The largest absolute Gasteiger partial charge is 0.326 e. The van der Waals surface area contributed by atoms with Crippen LogP contribution in [0.2, 0.25) is 0 Å². The van der Waals surface area contributed by atoms with Crippen molar-refractivity contribution in [3.05, 3.63) is 63.6 Å². The summed E-state index contributed by atoms with van der Waals surface area (Å²) in [6, 6.07) is 13.1. The van der Waals surface area contributed by atoms with E-state index in [2.05, 4.69) is 21.2 Å². The van der Waals surface area contributed by atoms with E-state index in [9.17, 15) is 4.79 Å². The number of carbonyl (C=O) groups is 1. The van der Waals surface area contributed by atoms with Crippen molar-refractivity contribution in [2.24, 2.45) is 5.73 Å². The molecule has 1 amide bonds. The second-order valence-electron chi connectivity index (χ2n) is 4.32. The van der Waals surface area contributed by atoms with Crippen LogP contribution in [-0.2, 0) is 6.54 Å². The van der Waals surface area contributed by atoms with Crippen molar-refractivity contribution in [3.63, 3.8) is 0 Å². The van der Waals surface area contributed by atoms with Crippen LogP contribution in [0.25, 0.3) is 0 Å². The van der Waals surface area contributed by atoms with Crippen LogP contribution in [0.1, 0.15) is 21.5 Å². The van der Waals surface area contributed by atoms with E-state index in [1.165, 1.54) is 0 Å². The highest BCUT2D eigenvalue weighted by Crippen LogP contribution is 2.21. The third kappa shape index (κ3) is 3.43. The Labute approximate surface area is 121 Å². The molecule has 0 spiro atoms. The molecule has 0 heterocycles. The fourth-order valence-corrected chi connectivity index (χ4v) is 2.12. The summed E-state index contributed by atoms with van der Waals surface area (Å²) in [5.74, 6) is -0.128. The topological polar surface area (TPSA) is 55.1 Å². The van der Waals surface area contributed by atoms with Gasteiger partial charge in [0.05, 0.1) is 0 Å². The highest BCUT2D eigenvalue weighted by atomic mass is 79.9. The molecule has 19 heavy (non-hydrogen) atoms. The fourth-order valence-electron chi connectivity index (χ4n) is 1.76. The minimum atomic E-state index is -0.128. The van der Waals surface area contributed by atoms with Gasteiger partial charge in [0.1, 0.15) is 0 Å². The minimum absolute atomic E-state index is 0.128. The molecule has 0 unspecified atom stereocenters. The molecule has 3 N–H and O–H groups in total. The summed E-state index contributed by atoms with van der Waals surface area (Å²) in [6.07, 6.45) is 0. The van der Waals surface area contributed by atoms with Gasteiger partial charge in [-0.2, -0.15) is 0 Å². The fraction of sp³-hybridized carbons (Fsp3) is 0.133. The standard InChI is InChI=1S/C15H15BrN2O/c1-10-5-6-13(16)8-14(10)18-15(19)12-4-2-3-11(7-12)9-17/h2-8H,9,17H2,1H3,(H,18,19). The van der Waals surface area contributed by atoms with Crippen LogP contribution in [0, 0.1) is 6.92 Å². The zero-order chi connectivity index (χ0) is 13.8. The highest BCUT2D eigenvalue weighted by Gasteiger charge is 2.08. The predicted octanol–water partition coefficient (Wildman–Crippen LogP) is 3.47. The lowest BCUT2D eigenvalue weighted by atomic mass is 10.1. The van der Waals surface area contributed by atoms with Gasteiger partial charge in [-0.1, -0.05) is 34.1 Å². The molecule has 0 saturated heterocycles. The Morgan fingerprint density at radius 2 is 2.05 bits per heavy atom. The summed E-state index contributed by atoms with van der Waals surface area (Å²) in [7, 11) is 0. The van der Waals surface area contributed by atoms with Gasteiger partial charge in [-0.25, -0.2) is 0 Å². The summed E-state index contributed by atoms with van der Waals surface area (Å²) < 4.78 is 0.934. The van der Waals surface area contributed by atoms with E-state index in [4.69, 9.17) is 5.73 Å². The number of rotatable bonds is 3. The van der Waals surface area contributed by atoms with Crippen LogP contribution in [0.4, 0.5) is 5.69 Å². The molecule has 3 nitrogen and oxygen atoms in total. The second kappa shape index (κ2) is 5.99. The van der Waals surface area contributed by atoms with Crippen LogP contribution < -0.4 is 11.1 Å². The van der Waals surface area contributed by atoms with Crippen molar-refractivity contribution in [1.82, 2.24) is 0 Å². The Bertz CT molecular complexity index is 611. The molecule has 0 aliphatic rings. The average molecular weight is 319 g/mol. The SMILES string of the molecule is Cc1ccc(Br)cc1NC(=O)c1cccc(CN)c1. The Hall–Kier alpha value is -1.65. The van der Waals surface area contributed by atoms with Crippen molar-refractivity contribution in [2.45, 2.75) is 13.5 Å². The van der Waals surface area contributed by atoms with Crippen LogP contribution >= 0.6 is 15.9 Å². The number of benzene rings is 2. The number of amides is 1. The maximum atomic E-state index is 12.2. The van der Waals surface area contributed by atoms with Crippen molar-refractivity contribution in [2.75, 3.05) is 5.32 Å². The molecule has 0 fully saturated rings. The molecule has 0 radical (unpaired) electrons. The molecule has 98 valence electrons. The van der Waals surface area contributed by atoms with E-state index in [0.717, 1.165) is 21.3 Å². The van der Waals surface area contributed by atoms with Crippen LogP contribution in [-0.4, -0.2) is 5.91 Å². The van der Waals surface area contributed by atoms with Crippen molar-refractivity contribution >= 4 is 27.5 Å². The lowest BCUT2D eigenvalue weighted by Gasteiger charge is -2.09. The van der Waals surface area contributed by atoms with Gasteiger partial charge < -0.3 is 11.1 Å². The summed E-state index contributed by atoms with van der Waals surface area (Å²) in [6.45, 7) is 2.38. The van der Waals surface area contributed by atoms with Crippen LogP contribution in [0.5, 0.6) is 0 Å². The Balaban J connectivity index is 2.22. The maximum absolute atomic E-state index is 12.2. The van der Waals surface area contributed by atoms with E-state index in [1.807, 2.05) is 43.3 Å². The Morgan fingerprint density at radius 1 is 1.26 bits per heavy atom. The van der Waals surface area contributed by atoms with E-state index < -0.39 is 0 Å². The monoisotopic (exact) mass is 318 g/mol. The third-order valence-corrected chi connectivity index (χ3v) is 3.37. The zero-order valence-electron chi connectivity index (χ0n) is 10.6. The Morgan fingerprint density at radius 3 is 2.79 bits per heavy atom. The first-order valence-corrected chi connectivity index (χ1v) is 6.76. The first-order chi connectivity index (χ1) is 9.10. The molecule has 0 aliphatic heterocycles. The number of aryl methyl sites for hydroxylation is 1. The van der Waals surface area contributed by atoms with Gasteiger partial charge in [0, 0.05) is 22.3 Å². The van der Waals surface area contributed by atoms with Gasteiger partial charge in [-0.3, -0.25) is 4.79 Å². The normalized spacial score (nSPS) is 10.3. The summed E-state index contributed by atoms with van der Waals surface area (Å²) in [4.78, 5) is 12.2. The number of nitrogens with one attached hydrogen (secondary N) is 1. The number of halogens is 1. The molecule has 0 atom stereocenters. The predicted molar refractivity (Wildman–Crippen MR) is 81.2 cm³/mol. The van der Waals surface area contributed by atoms with Crippen LogP contribution in [0.3, 0.4) is 0 Å². The van der Waals surface area contributed by atoms with E-state index >= 15 is 0 Å². The summed E-state index contributed by atoms with van der Waals surface area (Å²) >= 11 is 3.40. The van der Waals surface area contributed by atoms with Gasteiger partial charge in [-0.05, 0) is 42.3 Å². The van der Waals surface area contributed by atoms with E-state index in [1.54, 1.807) is 6.07 Å². The number of nitrogens with two attached hydrogens (primary N) is 1. The number of hydrogen-bond donors (Lipinski definition) is 2. The molecule has 2 aromatic carbocycles. The van der Waals surface area contributed by atoms with Crippen molar-refractivity contribution in [3.8, 4) is 0 Å². The highest BCUT2D eigenvalue weighted by molar-refractivity contribution is 9.10. The summed E-state index contributed by atoms with van der Waals surface area (Å²) in [5.41, 5.74) is 8.96. The molecule has 0 saturated carbocycles. The quantitative estimate of drug-likeness (QED) is 0.910. The lowest BCUT2D eigenvalue weighted by Crippen LogP contribution is -2.13. The number of carbonyl (C=O) groups excluding carboxylic acids is 1. The summed E-state index contributed by atoms with van der Waals surface area (Å²) in [5, 5.41) is 2.91. The van der Waals surface area contributed by atoms with Gasteiger partial charge >= 0.3 is 0 Å². The van der Waals surface area contributed by atoms with Gasteiger partial charge in [-0.15, -0.1) is 0 Å². The van der Waals surface area contributed by atoms with Crippen molar-refractivity contribution in [1.29, 1.82) is 0 Å². The molecule has 0 aliphatic carbocycles. The second-order valence-corrected chi connectivity index (χ2v) is 5.23. The molecular weight excluding hydrogens is 304 g/mol. The van der Waals surface area contributed by atoms with E-state index in [0.29, 0.717) is 12.1 Å². The number of hydrogen-bond acceptors (Lipinski definition) is 2. The number of anilines is 1. The zero-order valence-corrected chi connectivity index (χ0v) is 12.2. The Kier molecular flexibility index (Phi) is 4.35. The van der Waals surface area contributed by atoms with Gasteiger partial charge in [0.15, 0.2) is 0 Å². The molecule has 2 rings (SSSR count). The molecule has 0 aromatic heterocycles. The van der Waals surface area contributed by atoms with Gasteiger partial charge in [0.25, 0.3) is 5.91 Å². The van der Waals surface area contributed by atoms with Crippen molar-refractivity contribution < 1.29 is 4.79 Å².